The molecule has 0 saturated carbocycles. The Hall–Kier alpha value is -0.990. The lowest BCUT2D eigenvalue weighted by atomic mass is 9.87. The van der Waals surface area contributed by atoms with Crippen molar-refractivity contribution in [1.29, 1.82) is 0 Å². The van der Waals surface area contributed by atoms with Gasteiger partial charge in [-0.1, -0.05) is 12.1 Å². The number of ether oxygens (including phenoxy) is 1. The van der Waals surface area contributed by atoms with Gasteiger partial charge in [0.05, 0.1) is 34.5 Å². The van der Waals surface area contributed by atoms with Crippen LogP contribution < -0.4 is 4.72 Å². The van der Waals surface area contributed by atoms with E-state index in [0.717, 1.165) is 6.07 Å². The zero-order chi connectivity index (χ0) is 16.8. The first-order chi connectivity index (χ1) is 9.97. The average molecular weight is 339 g/mol. The number of hydrogen-bond donors (Lipinski definition) is 1. The smallest absolute Gasteiger partial charge is 0.377 e. The molecule has 1 aliphatic heterocycles. The first kappa shape index (κ1) is 17.4. The Kier molecular flexibility index (Phi) is 4.40. The summed E-state index contributed by atoms with van der Waals surface area (Å²) in [4.78, 5) is 0. The first-order valence-electron chi connectivity index (χ1n) is 6.61. The lowest BCUT2D eigenvalue weighted by Gasteiger charge is -2.43. The third kappa shape index (κ3) is 3.18. The molecule has 1 saturated heterocycles. The highest BCUT2D eigenvalue weighted by atomic mass is 32.2. The van der Waals surface area contributed by atoms with E-state index in [1.165, 1.54) is 6.07 Å². The van der Waals surface area contributed by atoms with Crippen molar-refractivity contribution in [2.24, 2.45) is 0 Å². The van der Waals surface area contributed by atoms with Gasteiger partial charge in [0.25, 0.3) is 0 Å². The fourth-order valence-electron chi connectivity index (χ4n) is 2.03. The number of alkyl halides is 3. The molecule has 22 heavy (non-hydrogen) atoms. The molecule has 3 nitrogen and oxygen atoms in total. The number of halogens is 4. The maximum atomic E-state index is 14.3. The van der Waals surface area contributed by atoms with Crippen molar-refractivity contribution in [2.45, 2.75) is 37.2 Å². The molecule has 2 rings (SSSR count). The molecule has 1 heterocycles. The Labute approximate surface area is 128 Å². The zero-order valence-corrected chi connectivity index (χ0v) is 13.2. The summed E-state index contributed by atoms with van der Waals surface area (Å²) in [6.07, 6.45) is -4.78. The van der Waals surface area contributed by atoms with Gasteiger partial charge in [-0.25, -0.2) is 13.3 Å². The van der Waals surface area contributed by atoms with E-state index in [4.69, 9.17) is 4.74 Å². The minimum atomic E-state index is -4.78. The summed E-state index contributed by atoms with van der Waals surface area (Å²) in [5.74, 6) is -1.35. The van der Waals surface area contributed by atoms with Gasteiger partial charge in [-0.15, -0.1) is 0 Å². The van der Waals surface area contributed by atoms with Crippen LogP contribution in [0.25, 0.3) is 0 Å². The van der Waals surface area contributed by atoms with Crippen LogP contribution in [0.15, 0.2) is 18.2 Å². The topological polar surface area (TPSA) is 38.3 Å². The van der Waals surface area contributed by atoms with E-state index in [2.05, 4.69) is 4.72 Å². The summed E-state index contributed by atoms with van der Waals surface area (Å²) in [6.45, 7) is 5.07. The molecule has 0 aromatic heterocycles. The molecule has 124 valence electrons. The summed E-state index contributed by atoms with van der Waals surface area (Å²) in [5, 5.41) is 0. The van der Waals surface area contributed by atoms with Crippen molar-refractivity contribution < 1.29 is 26.5 Å². The lowest BCUT2D eigenvalue weighted by Crippen LogP contribution is -2.60. The normalized spacial score (nSPS) is 19.6. The van der Waals surface area contributed by atoms with Gasteiger partial charge in [-0.2, -0.15) is 13.2 Å². The number of rotatable bonds is 3. The zero-order valence-electron chi connectivity index (χ0n) is 12.4. The maximum absolute atomic E-state index is 14.3. The van der Waals surface area contributed by atoms with E-state index in [-0.39, 0.29) is 18.8 Å². The third-order valence-corrected chi connectivity index (χ3v) is 5.05. The molecule has 1 fully saturated rings. The summed E-state index contributed by atoms with van der Waals surface area (Å²) in [5.41, 5.74) is -2.71. The van der Waals surface area contributed by atoms with Gasteiger partial charge in [0.15, 0.2) is 0 Å². The number of nitrogens with one attached hydrogen (secondary N) is 1. The molecule has 1 aliphatic rings. The van der Waals surface area contributed by atoms with Crippen LogP contribution in [0.5, 0.6) is 0 Å². The highest BCUT2D eigenvalue weighted by molar-refractivity contribution is 7.84. The van der Waals surface area contributed by atoms with Crippen LogP contribution in [0, 0.1) is 5.82 Å². The van der Waals surface area contributed by atoms with Gasteiger partial charge in [-0.05, 0) is 26.8 Å². The van der Waals surface area contributed by atoms with Gasteiger partial charge in [-0.3, -0.25) is 0 Å². The van der Waals surface area contributed by atoms with E-state index in [0.29, 0.717) is 6.07 Å². The third-order valence-electron chi connectivity index (χ3n) is 3.36. The molecule has 0 radical (unpaired) electrons. The van der Waals surface area contributed by atoms with Crippen LogP contribution in [0.2, 0.25) is 0 Å². The summed E-state index contributed by atoms with van der Waals surface area (Å²) < 4.78 is 72.2. The van der Waals surface area contributed by atoms with Crippen molar-refractivity contribution in [1.82, 2.24) is 4.72 Å². The average Bonchev–Trinajstić information content (AvgIpc) is 2.31. The SMILES string of the molecule is CC(C)(C)S(=O)NC1(c2cccc(C(F)(F)F)c2F)COC1. The van der Waals surface area contributed by atoms with Gasteiger partial charge < -0.3 is 4.74 Å². The van der Waals surface area contributed by atoms with Crippen LogP contribution >= 0.6 is 0 Å². The van der Waals surface area contributed by atoms with Crippen LogP contribution in [-0.4, -0.2) is 22.2 Å². The highest BCUT2D eigenvalue weighted by Crippen LogP contribution is 2.38. The Balaban J connectivity index is 2.43. The molecule has 0 amide bonds. The molecule has 1 aromatic carbocycles. The quantitative estimate of drug-likeness (QED) is 0.860. The molecular formula is C14H17F4NO2S. The van der Waals surface area contributed by atoms with Crippen molar-refractivity contribution in [3.8, 4) is 0 Å². The Morgan fingerprint density at radius 1 is 1.23 bits per heavy atom. The van der Waals surface area contributed by atoms with Crippen molar-refractivity contribution in [3.05, 3.63) is 35.1 Å². The van der Waals surface area contributed by atoms with E-state index >= 15 is 0 Å². The fourth-order valence-corrected chi connectivity index (χ4v) is 2.92. The molecule has 0 spiro atoms. The Morgan fingerprint density at radius 2 is 1.82 bits per heavy atom. The number of hydrogen-bond acceptors (Lipinski definition) is 2. The van der Waals surface area contributed by atoms with E-state index in [9.17, 15) is 21.8 Å². The molecule has 1 atom stereocenters. The van der Waals surface area contributed by atoms with Crippen LogP contribution in [0.1, 0.15) is 31.9 Å². The predicted octanol–water partition coefficient (Wildman–Crippen LogP) is 3.12. The molecule has 1 aromatic rings. The molecule has 8 heteroatoms. The summed E-state index contributed by atoms with van der Waals surface area (Å²) >= 11 is 0. The molecule has 0 bridgehead atoms. The van der Waals surface area contributed by atoms with Crippen LogP contribution in [0.4, 0.5) is 17.6 Å². The fraction of sp³-hybridized carbons (Fsp3) is 0.571. The minimum absolute atomic E-state index is 0.0347. The van der Waals surface area contributed by atoms with E-state index < -0.39 is 38.8 Å². The van der Waals surface area contributed by atoms with Crippen molar-refractivity contribution in [3.63, 3.8) is 0 Å². The molecular weight excluding hydrogens is 322 g/mol. The van der Waals surface area contributed by atoms with E-state index in [1.807, 2.05) is 0 Å². The molecule has 1 unspecified atom stereocenters. The second-order valence-electron chi connectivity index (χ2n) is 6.22. The van der Waals surface area contributed by atoms with Gasteiger partial charge in [0.1, 0.15) is 11.4 Å². The summed E-state index contributed by atoms with van der Waals surface area (Å²) in [6, 6.07) is 3.09. The first-order valence-corrected chi connectivity index (χ1v) is 7.76. The van der Waals surface area contributed by atoms with E-state index in [1.54, 1.807) is 20.8 Å². The second kappa shape index (κ2) is 5.58. The van der Waals surface area contributed by atoms with Crippen molar-refractivity contribution >= 4 is 11.0 Å². The van der Waals surface area contributed by atoms with Gasteiger partial charge in [0.2, 0.25) is 0 Å². The van der Waals surface area contributed by atoms with Crippen LogP contribution in [-0.2, 0) is 27.4 Å². The van der Waals surface area contributed by atoms with Crippen molar-refractivity contribution in [2.75, 3.05) is 13.2 Å². The Morgan fingerprint density at radius 3 is 2.23 bits per heavy atom. The standard InChI is InChI=1S/C14H17F4NO2S/c1-12(2,3)22(20)19-13(7-21-8-13)9-5-4-6-10(11(9)15)14(16,17)18/h4-6,19H,7-8H2,1-3H3. The van der Waals surface area contributed by atoms with Gasteiger partial charge >= 0.3 is 6.18 Å². The largest absolute Gasteiger partial charge is 0.419 e. The Bertz CT molecular complexity index is 591. The van der Waals surface area contributed by atoms with Crippen LogP contribution in [0.3, 0.4) is 0 Å². The lowest BCUT2D eigenvalue weighted by molar-refractivity contribution is -0.140. The minimum Gasteiger partial charge on any atom is -0.377 e. The maximum Gasteiger partial charge on any atom is 0.419 e. The molecule has 1 N–H and O–H groups in total. The van der Waals surface area contributed by atoms with Gasteiger partial charge in [0, 0.05) is 5.56 Å². The monoisotopic (exact) mass is 339 g/mol. The summed E-state index contributed by atoms with van der Waals surface area (Å²) in [7, 11) is -1.57. The predicted molar refractivity (Wildman–Crippen MR) is 74.9 cm³/mol. The highest BCUT2D eigenvalue weighted by Gasteiger charge is 2.47. The molecule has 0 aliphatic carbocycles. The second-order valence-corrected chi connectivity index (χ2v) is 8.19. The number of benzene rings is 1.